The fourth-order valence-corrected chi connectivity index (χ4v) is 1.37. The molecule has 0 saturated heterocycles. The summed E-state index contributed by atoms with van der Waals surface area (Å²) in [6.07, 6.45) is 1.03. The molecule has 0 aromatic heterocycles. The molecule has 0 saturated carbocycles. The van der Waals surface area contributed by atoms with Crippen LogP contribution in [0, 0.1) is 5.41 Å². The van der Waals surface area contributed by atoms with Gasteiger partial charge in [0.25, 0.3) is 0 Å². The van der Waals surface area contributed by atoms with Crippen molar-refractivity contribution in [3.05, 3.63) is 0 Å². The van der Waals surface area contributed by atoms with E-state index in [0.717, 1.165) is 0 Å². The van der Waals surface area contributed by atoms with E-state index in [-0.39, 0.29) is 19.0 Å². The minimum absolute atomic E-state index is 0.176. The lowest BCUT2D eigenvalue weighted by Gasteiger charge is -2.26. The second-order valence-corrected chi connectivity index (χ2v) is 3.60. The fourth-order valence-electron chi connectivity index (χ4n) is 1.37. The topological polar surface area (TPSA) is 78.4 Å². The van der Waals surface area contributed by atoms with Crippen molar-refractivity contribution in [1.29, 1.82) is 0 Å². The quantitative estimate of drug-likeness (QED) is 0.568. The number of rotatable bonds is 7. The summed E-state index contributed by atoms with van der Waals surface area (Å²) < 4.78 is 0. The van der Waals surface area contributed by atoms with Gasteiger partial charge in [-0.15, -0.1) is 0 Å². The number of nitrogens with one attached hydrogen (secondary N) is 2. The molecule has 5 heteroatoms. The highest BCUT2D eigenvalue weighted by Crippen LogP contribution is 2.25. The molecule has 0 atom stereocenters. The molecule has 0 rings (SSSR count). The number of amides is 1. The van der Waals surface area contributed by atoms with Crippen molar-refractivity contribution in [1.82, 2.24) is 10.6 Å². The number of hydrogen-bond donors (Lipinski definition) is 3. The van der Waals surface area contributed by atoms with Crippen LogP contribution >= 0.6 is 0 Å². The van der Waals surface area contributed by atoms with E-state index in [0.29, 0.717) is 12.8 Å². The molecule has 0 bridgehead atoms. The fraction of sp³-hybridized carbons (Fsp3) is 0.800. The first-order chi connectivity index (χ1) is 7.02. The van der Waals surface area contributed by atoms with Crippen LogP contribution in [0.2, 0.25) is 0 Å². The number of carbonyl (C=O) groups excluding carboxylic acids is 1. The van der Waals surface area contributed by atoms with Crippen molar-refractivity contribution in [3.63, 3.8) is 0 Å². The zero-order valence-corrected chi connectivity index (χ0v) is 9.59. The number of aliphatic carboxylic acids is 1. The Labute approximate surface area is 90.2 Å². The SMILES string of the molecule is CCC(CC)(CNC(=O)CNC)C(=O)O. The number of hydrogen-bond acceptors (Lipinski definition) is 3. The Bertz CT molecular complexity index is 225. The highest BCUT2D eigenvalue weighted by atomic mass is 16.4. The largest absolute Gasteiger partial charge is 0.481 e. The third-order valence-electron chi connectivity index (χ3n) is 2.77. The van der Waals surface area contributed by atoms with Gasteiger partial charge < -0.3 is 15.7 Å². The Morgan fingerprint density at radius 3 is 2.13 bits per heavy atom. The van der Waals surface area contributed by atoms with Gasteiger partial charge in [0, 0.05) is 6.54 Å². The summed E-state index contributed by atoms with van der Waals surface area (Å²) in [6, 6.07) is 0. The van der Waals surface area contributed by atoms with Crippen molar-refractivity contribution >= 4 is 11.9 Å². The monoisotopic (exact) mass is 216 g/mol. The van der Waals surface area contributed by atoms with Crippen LogP contribution < -0.4 is 10.6 Å². The maximum atomic E-state index is 11.2. The Hall–Kier alpha value is -1.10. The molecule has 0 aromatic carbocycles. The van der Waals surface area contributed by atoms with E-state index in [1.165, 1.54) is 0 Å². The van der Waals surface area contributed by atoms with Gasteiger partial charge in [-0.25, -0.2) is 0 Å². The van der Waals surface area contributed by atoms with Crippen LogP contribution in [-0.4, -0.2) is 37.1 Å². The standard InChI is InChI=1S/C10H20N2O3/c1-4-10(5-2,9(14)15)7-12-8(13)6-11-3/h11H,4-7H2,1-3H3,(H,12,13)(H,14,15). The highest BCUT2D eigenvalue weighted by Gasteiger charge is 2.34. The summed E-state index contributed by atoms with van der Waals surface area (Å²) >= 11 is 0. The van der Waals surface area contributed by atoms with Crippen molar-refractivity contribution in [2.75, 3.05) is 20.1 Å². The van der Waals surface area contributed by atoms with Gasteiger partial charge in [-0.2, -0.15) is 0 Å². The second kappa shape index (κ2) is 6.40. The Balaban J connectivity index is 4.30. The summed E-state index contributed by atoms with van der Waals surface area (Å²) in [5.41, 5.74) is -0.830. The van der Waals surface area contributed by atoms with E-state index < -0.39 is 11.4 Å². The molecule has 15 heavy (non-hydrogen) atoms. The third-order valence-corrected chi connectivity index (χ3v) is 2.77. The van der Waals surface area contributed by atoms with Gasteiger partial charge in [0.1, 0.15) is 0 Å². The molecule has 0 aliphatic heterocycles. The van der Waals surface area contributed by atoms with Gasteiger partial charge >= 0.3 is 5.97 Å². The molecule has 88 valence electrons. The van der Waals surface area contributed by atoms with Crippen LogP contribution in [-0.2, 0) is 9.59 Å². The lowest BCUT2D eigenvalue weighted by Crippen LogP contribution is -2.44. The van der Waals surface area contributed by atoms with Crippen LogP contribution in [0.15, 0.2) is 0 Å². The summed E-state index contributed by atoms with van der Waals surface area (Å²) in [5, 5.41) is 14.4. The number of likely N-dealkylation sites (N-methyl/N-ethyl adjacent to an activating group) is 1. The zero-order chi connectivity index (χ0) is 11.9. The van der Waals surface area contributed by atoms with Gasteiger partial charge in [0.2, 0.25) is 5.91 Å². The summed E-state index contributed by atoms with van der Waals surface area (Å²) in [7, 11) is 1.67. The molecule has 0 unspecified atom stereocenters. The lowest BCUT2D eigenvalue weighted by atomic mass is 9.82. The van der Waals surface area contributed by atoms with E-state index in [1.54, 1.807) is 7.05 Å². The Kier molecular flexibility index (Phi) is 5.93. The zero-order valence-electron chi connectivity index (χ0n) is 9.59. The van der Waals surface area contributed by atoms with E-state index in [9.17, 15) is 9.59 Å². The molecule has 0 spiro atoms. The predicted octanol–water partition coefficient (Wildman–Crippen LogP) is 0.213. The number of carbonyl (C=O) groups is 2. The minimum atomic E-state index is -0.850. The van der Waals surface area contributed by atoms with Crippen molar-refractivity contribution < 1.29 is 14.7 Å². The molecule has 1 amide bonds. The van der Waals surface area contributed by atoms with Gasteiger partial charge in [0.05, 0.1) is 12.0 Å². The lowest BCUT2D eigenvalue weighted by molar-refractivity contribution is -0.149. The van der Waals surface area contributed by atoms with Crippen molar-refractivity contribution in [2.45, 2.75) is 26.7 Å². The normalized spacial score (nSPS) is 11.1. The molecule has 0 heterocycles. The molecule has 0 radical (unpaired) electrons. The van der Waals surface area contributed by atoms with E-state index in [4.69, 9.17) is 5.11 Å². The van der Waals surface area contributed by atoms with Gasteiger partial charge in [-0.3, -0.25) is 9.59 Å². The third kappa shape index (κ3) is 3.87. The van der Waals surface area contributed by atoms with E-state index in [2.05, 4.69) is 10.6 Å². The first-order valence-corrected chi connectivity index (χ1v) is 5.17. The van der Waals surface area contributed by atoms with Crippen LogP contribution in [0.25, 0.3) is 0 Å². The maximum Gasteiger partial charge on any atom is 0.311 e. The molecule has 5 nitrogen and oxygen atoms in total. The predicted molar refractivity (Wildman–Crippen MR) is 57.6 cm³/mol. The average Bonchev–Trinajstić information content (AvgIpc) is 2.20. The van der Waals surface area contributed by atoms with Crippen LogP contribution in [0.1, 0.15) is 26.7 Å². The smallest absolute Gasteiger partial charge is 0.311 e. The number of carboxylic acids is 1. The molecular formula is C10H20N2O3. The van der Waals surface area contributed by atoms with Gasteiger partial charge in [-0.1, -0.05) is 13.8 Å². The van der Waals surface area contributed by atoms with Crippen LogP contribution in [0.4, 0.5) is 0 Å². The maximum absolute atomic E-state index is 11.2. The molecular weight excluding hydrogens is 196 g/mol. The van der Waals surface area contributed by atoms with Crippen LogP contribution in [0.5, 0.6) is 0 Å². The molecule has 3 N–H and O–H groups in total. The Morgan fingerprint density at radius 2 is 1.80 bits per heavy atom. The summed E-state index contributed by atoms with van der Waals surface area (Å²) in [5.74, 6) is -1.03. The first-order valence-electron chi connectivity index (χ1n) is 5.17. The second-order valence-electron chi connectivity index (χ2n) is 3.60. The molecule has 0 aromatic rings. The molecule has 0 aliphatic rings. The molecule has 0 fully saturated rings. The number of carboxylic acid groups (broad SMARTS) is 1. The highest BCUT2D eigenvalue weighted by molar-refractivity contribution is 5.80. The molecule has 0 aliphatic carbocycles. The first kappa shape index (κ1) is 13.9. The van der Waals surface area contributed by atoms with E-state index >= 15 is 0 Å². The van der Waals surface area contributed by atoms with Gasteiger partial charge in [0.15, 0.2) is 0 Å². The van der Waals surface area contributed by atoms with Crippen LogP contribution in [0.3, 0.4) is 0 Å². The Morgan fingerprint density at radius 1 is 1.27 bits per heavy atom. The van der Waals surface area contributed by atoms with E-state index in [1.807, 2.05) is 13.8 Å². The van der Waals surface area contributed by atoms with Gasteiger partial charge in [-0.05, 0) is 19.9 Å². The summed E-state index contributed by atoms with van der Waals surface area (Å²) in [4.78, 5) is 22.3. The summed E-state index contributed by atoms with van der Waals surface area (Å²) in [6.45, 7) is 4.04. The van der Waals surface area contributed by atoms with Crippen molar-refractivity contribution in [2.24, 2.45) is 5.41 Å². The minimum Gasteiger partial charge on any atom is -0.481 e. The average molecular weight is 216 g/mol. The van der Waals surface area contributed by atoms with Crippen molar-refractivity contribution in [3.8, 4) is 0 Å².